The molecule has 10 rings (SSSR count). The van der Waals surface area contributed by atoms with Gasteiger partial charge in [-0.1, -0.05) is 140 Å². The summed E-state index contributed by atoms with van der Waals surface area (Å²) in [5, 5.41) is 5.23. The number of hydrogen-bond donors (Lipinski definition) is 0. The zero-order chi connectivity index (χ0) is 29.5. The van der Waals surface area contributed by atoms with Gasteiger partial charge in [0.1, 0.15) is 0 Å². The van der Waals surface area contributed by atoms with Crippen LogP contribution in [-0.4, -0.2) is 4.57 Å². The summed E-state index contributed by atoms with van der Waals surface area (Å²) in [5.74, 6) is 0. The topological polar surface area (TPSA) is 4.93 Å². The van der Waals surface area contributed by atoms with Crippen LogP contribution in [-0.2, 0) is 5.41 Å². The van der Waals surface area contributed by atoms with Crippen molar-refractivity contribution in [2.45, 2.75) is 5.41 Å². The van der Waals surface area contributed by atoms with Crippen molar-refractivity contribution in [2.75, 3.05) is 0 Å². The number of fused-ring (bicyclic) bond motifs is 10. The van der Waals surface area contributed by atoms with Gasteiger partial charge in [0.25, 0.3) is 0 Å². The maximum atomic E-state index is 2.52. The molecule has 1 nitrogen and oxygen atoms in total. The van der Waals surface area contributed by atoms with Gasteiger partial charge in [-0.05, 0) is 57.6 Å². The van der Waals surface area contributed by atoms with Gasteiger partial charge in [0.15, 0.2) is 0 Å². The van der Waals surface area contributed by atoms with Gasteiger partial charge in [0, 0.05) is 31.9 Å². The van der Waals surface area contributed by atoms with E-state index in [1.807, 2.05) is 11.3 Å². The maximum absolute atomic E-state index is 2.52. The molecule has 2 heteroatoms. The van der Waals surface area contributed by atoms with E-state index in [9.17, 15) is 0 Å². The Morgan fingerprint density at radius 3 is 1.87 bits per heavy atom. The lowest BCUT2D eigenvalue weighted by atomic mass is 9.67. The third-order valence-electron chi connectivity index (χ3n) is 9.88. The van der Waals surface area contributed by atoms with Crippen LogP contribution in [0.1, 0.15) is 22.3 Å². The second-order valence-corrected chi connectivity index (χ2v) is 13.1. The molecule has 0 saturated carbocycles. The lowest BCUT2D eigenvalue weighted by molar-refractivity contribution is 0.767. The van der Waals surface area contributed by atoms with E-state index in [0.29, 0.717) is 0 Å². The highest BCUT2D eigenvalue weighted by Gasteiger charge is 2.46. The van der Waals surface area contributed by atoms with E-state index in [4.69, 9.17) is 0 Å². The van der Waals surface area contributed by atoms with Crippen LogP contribution in [0.25, 0.3) is 58.8 Å². The minimum absolute atomic E-state index is 0.434. The molecule has 2 aromatic heterocycles. The molecule has 0 atom stereocenters. The van der Waals surface area contributed by atoms with Crippen LogP contribution < -0.4 is 0 Å². The lowest BCUT2D eigenvalue weighted by Gasteiger charge is -2.34. The fraction of sp³-hybridized carbons (Fsp3) is 0.0233. The quantitative estimate of drug-likeness (QED) is 0.193. The Labute approximate surface area is 265 Å². The zero-order valence-corrected chi connectivity index (χ0v) is 25.3. The molecule has 0 radical (unpaired) electrons. The Kier molecular flexibility index (Phi) is 5.14. The number of hydrogen-bond acceptors (Lipinski definition) is 1. The molecule has 45 heavy (non-hydrogen) atoms. The first-order chi connectivity index (χ1) is 22.3. The van der Waals surface area contributed by atoms with Crippen LogP contribution in [0.5, 0.6) is 0 Å². The first-order valence-corrected chi connectivity index (χ1v) is 16.3. The lowest BCUT2D eigenvalue weighted by Crippen LogP contribution is -2.28. The number of nitrogens with zero attached hydrogens (tertiary/aromatic N) is 1. The van der Waals surface area contributed by atoms with Crippen molar-refractivity contribution >= 4 is 53.3 Å². The molecule has 0 N–H and O–H groups in total. The van der Waals surface area contributed by atoms with Crippen molar-refractivity contribution in [1.82, 2.24) is 4.57 Å². The van der Waals surface area contributed by atoms with Crippen LogP contribution in [0, 0.1) is 0 Å². The summed E-state index contributed by atoms with van der Waals surface area (Å²) in [6.45, 7) is 0. The number of benzene rings is 7. The predicted molar refractivity (Wildman–Crippen MR) is 191 cm³/mol. The fourth-order valence-corrected chi connectivity index (χ4v) is 9.31. The van der Waals surface area contributed by atoms with E-state index in [2.05, 4.69) is 168 Å². The normalized spacial score (nSPS) is 13.5. The molecule has 210 valence electrons. The van der Waals surface area contributed by atoms with Gasteiger partial charge in [-0.3, -0.25) is 0 Å². The molecule has 2 heterocycles. The Morgan fingerprint density at radius 1 is 0.444 bits per heavy atom. The molecular formula is C43H27NS. The van der Waals surface area contributed by atoms with E-state index >= 15 is 0 Å². The van der Waals surface area contributed by atoms with Crippen LogP contribution in [0.3, 0.4) is 0 Å². The molecular weight excluding hydrogens is 563 g/mol. The second kappa shape index (κ2) is 9.28. The van der Waals surface area contributed by atoms with E-state index in [1.54, 1.807) is 0 Å². The molecule has 0 aliphatic heterocycles. The van der Waals surface area contributed by atoms with Crippen molar-refractivity contribution < 1.29 is 0 Å². The van der Waals surface area contributed by atoms with E-state index < -0.39 is 5.41 Å². The van der Waals surface area contributed by atoms with Gasteiger partial charge in [-0.15, -0.1) is 11.3 Å². The third-order valence-corrected chi connectivity index (χ3v) is 11.1. The summed E-state index contributed by atoms with van der Waals surface area (Å²) in [7, 11) is 0. The van der Waals surface area contributed by atoms with Gasteiger partial charge in [0.2, 0.25) is 0 Å². The molecule has 0 fully saturated rings. The van der Waals surface area contributed by atoms with E-state index in [-0.39, 0.29) is 0 Å². The average Bonchev–Trinajstić information content (AvgIpc) is 3.75. The van der Waals surface area contributed by atoms with Gasteiger partial charge in [-0.25, -0.2) is 0 Å². The van der Waals surface area contributed by atoms with Crippen LogP contribution >= 0.6 is 11.3 Å². The Morgan fingerprint density at radius 2 is 1.07 bits per heavy atom. The maximum Gasteiger partial charge on any atom is 0.0719 e. The summed E-state index contributed by atoms with van der Waals surface area (Å²) in [6, 6.07) is 60.6. The van der Waals surface area contributed by atoms with E-state index in [1.165, 1.54) is 81.0 Å². The van der Waals surface area contributed by atoms with Gasteiger partial charge < -0.3 is 4.57 Å². The molecule has 1 aliphatic carbocycles. The summed E-state index contributed by atoms with van der Waals surface area (Å²) >= 11 is 1.90. The molecule has 7 aromatic carbocycles. The molecule has 0 spiro atoms. The molecule has 9 aromatic rings. The van der Waals surface area contributed by atoms with Gasteiger partial charge >= 0.3 is 0 Å². The smallest absolute Gasteiger partial charge is 0.0719 e. The predicted octanol–water partition coefficient (Wildman–Crippen LogP) is 11.5. The molecule has 0 unspecified atom stereocenters. The Balaban J connectivity index is 1.36. The Bertz CT molecular complexity index is 2550. The standard InChI is InChI=1S/C43H27NS/c1-3-13-28(14-4-1)43(29-15-5-2-6-16-29)37-20-10-7-17-31(37)32-24-23-30(27-38(32)43)44-39-21-11-8-18-33(39)35-25-26-36-34-19-9-12-22-40(34)45-42(36)41(35)44/h1-27H. The summed E-state index contributed by atoms with van der Waals surface area (Å²) < 4.78 is 5.19. The van der Waals surface area contributed by atoms with Gasteiger partial charge in [0.05, 0.1) is 21.1 Å². The largest absolute Gasteiger partial charge is 0.308 e. The van der Waals surface area contributed by atoms with Crippen LogP contribution in [0.4, 0.5) is 0 Å². The minimum atomic E-state index is -0.434. The average molecular weight is 590 g/mol. The monoisotopic (exact) mass is 589 g/mol. The van der Waals surface area contributed by atoms with E-state index in [0.717, 1.165) is 0 Å². The number of aromatic nitrogens is 1. The summed E-state index contributed by atoms with van der Waals surface area (Å²) in [6.07, 6.45) is 0. The third kappa shape index (κ3) is 3.27. The van der Waals surface area contributed by atoms with Crippen molar-refractivity contribution in [3.05, 3.63) is 186 Å². The molecule has 1 aliphatic rings. The summed E-state index contributed by atoms with van der Waals surface area (Å²) in [5.41, 5.74) is 11.1. The molecule has 0 amide bonds. The SMILES string of the molecule is c1ccc(C2(c3ccccc3)c3ccccc3-c3ccc(-n4c5ccccc5c5ccc6c7ccccc7sc6c54)cc32)cc1. The fourth-order valence-electron chi connectivity index (χ4n) is 8.07. The number of para-hydroxylation sites is 1. The van der Waals surface area contributed by atoms with Crippen LogP contribution in [0.2, 0.25) is 0 Å². The second-order valence-electron chi connectivity index (χ2n) is 12.0. The molecule has 0 bridgehead atoms. The van der Waals surface area contributed by atoms with Gasteiger partial charge in [-0.2, -0.15) is 0 Å². The van der Waals surface area contributed by atoms with Crippen molar-refractivity contribution in [3.8, 4) is 16.8 Å². The molecule has 0 saturated heterocycles. The highest BCUT2D eigenvalue weighted by atomic mass is 32.1. The number of thiophene rings is 1. The minimum Gasteiger partial charge on any atom is -0.308 e. The first-order valence-electron chi connectivity index (χ1n) is 15.5. The highest BCUT2D eigenvalue weighted by molar-refractivity contribution is 7.26. The highest BCUT2D eigenvalue weighted by Crippen LogP contribution is 2.56. The number of rotatable bonds is 3. The first kappa shape index (κ1) is 24.9. The van der Waals surface area contributed by atoms with Crippen molar-refractivity contribution in [2.24, 2.45) is 0 Å². The van der Waals surface area contributed by atoms with Crippen molar-refractivity contribution in [1.29, 1.82) is 0 Å². The van der Waals surface area contributed by atoms with Crippen molar-refractivity contribution in [3.63, 3.8) is 0 Å². The van der Waals surface area contributed by atoms with Crippen LogP contribution in [0.15, 0.2) is 164 Å². The summed E-state index contributed by atoms with van der Waals surface area (Å²) in [4.78, 5) is 0. The Hall–Kier alpha value is -5.44. The zero-order valence-electron chi connectivity index (χ0n) is 24.4.